The van der Waals surface area contributed by atoms with E-state index in [-0.39, 0.29) is 21.5 Å². The molecule has 1 aromatic carbocycles. The van der Waals surface area contributed by atoms with Gasteiger partial charge in [0.1, 0.15) is 0 Å². The van der Waals surface area contributed by atoms with Crippen LogP contribution in [0.2, 0.25) is 10.0 Å². The number of hydrogen-bond acceptors (Lipinski definition) is 3. The predicted molar refractivity (Wildman–Crippen MR) is 64.9 cm³/mol. The number of alkyl halides is 3. The molecule has 16 heavy (non-hydrogen) atoms. The molecule has 0 aliphatic carbocycles. The van der Waals surface area contributed by atoms with Crippen molar-refractivity contribution in [3.05, 3.63) is 22.2 Å². The number of ether oxygens (including phenoxy) is 2. The lowest BCUT2D eigenvalue weighted by Crippen LogP contribution is -2.58. The number of hydrogen-bond donors (Lipinski definition) is 1. The Labute approximate surface area is 116 Å². The number of rotatable bonds is 0. The summed E-state index contributed by atoms with van der Waals surface area (Å²) in [5, 5.41) is 0.579. The minimum atomic E-state index is -1.95. The van der Waals surface area contributed by atoms with Crippen molar-refractivity contribution in [1.29, 1.82) is 0 Å². The molecule has 0 atom stereocenters. The summed E-state index contributed by atoms with van der Waals surface area (Å²) in [5.41, 5.74) is 5.66. The molecule has 1 aliphatic rings. The highest BCUT2D eigenvalue weighted by Crippen LogP contribution is 2.49. The highest BCUT2D eigenvalue weighted by atomic mass is 35.6. The first-order valence-electron chi connectivity index (χ1n) is 3.95. The fourth-order valence-corrected chi connectivity index (χ4v) is 1.67. The maximum absolute atomic E-state index is 5.79. The van der Waals surface area contributed by atoms with Gasteiger partial charge in [0, 0.05) is 12.1 Å². The molecule has 0 saturated heterocycles. The quantitative estimate of drug-likeness (QED) is 0.740. The lowest BCUT2D eigenvalue weighted by Gasteiger charge is -2.28. The molecule has 1 heterocycles. The van der Waals surface area contributed by atoms with E-state index in [1.54, 1.807) is 0 Å². The third-order valence-corrected chi connectivity index (χ3v) is 3.42. The zero-order valence-electron chi connectivity index (χ0n) is 7.44. The van der Waals surface area contributed by atoms with Crippen molar-refractivity contribution in [3.8, 4) is 11.5 Å². The van der Waals surface area contributed by atoms with Crippen LogP contribution >= 0.6 is 58.0 Å². The molecule has 3 nitrogen and oxygen atoms in total. The molecule has 1 aliphatic heterocycles. The van der Waals surface area contributed by atoms with Crippen LogP contribution in [-0.2, 0) is 0 Å². The van der Waals surface area contributed by atoms with E-state index in [0.29, 0.717) is 0 Å². The van der Waals surface area contributed by atoms with Gasteiger partial charge in [-0.15, -0.1) is 0 Å². The summed E-state index contributed by atoms with van der Waals surface area (Å²) in [6, 6.07) is 2.87. The van der Waals surface area contributed by atoms with Gasteiger partial charge in [0.05, 0.1) is 10.0 Å². The van der Waals surface area contributed by atoms with Gasteiger partial charge in [0.25, 0.3) is 3.79 Å². The molecule has 0 radical (unpaired) electrons. The van der Waals surface area contributed by atoms with E-state index < -0.39 is 9.70 Å². The van der Waals surface area contributed by atoms with Crippen LogP contribution in [0.5, 0.6) is 11.5 Å². The van der Waals surface area contributed by atoms with Crippen LogP contribution in [0.4, 0.5) is 0 Å². The van der Waals surface area contributed by atoms with Crippen molar-refractivity contribution in [3.63, 3.8) is 0 Å². The van der Waals surface area contributed by atoms with Crippen molar-refractivity contribution in [2.24, 2.45) is 5.73 Å². The standard InChI is InChI=1S/C8H4Cl5NO2/c9-3-1-5-6(2-4(3)10)16-8(14,15-5)7(11,12)13/h1-2H,14H2. The first-order chi connectivity index (χ1) is 7.23. The van der Waals surface area contributed by atoms with Gasteiger partial charge in [-0.1, -0.05) is 58.0 Å². The number of halogens is 5. The Balaban J connectivity index is 2.42. The summed E-state index contributed by atoms with van der Waals surface area (Å²) in [6.45, 7) is 0. The van der Waals surface area contributed by atoms with Crippen LogP contribution in [0.3, 0.4) is 0 Å². The smallest absolute Gasteiger partial charge is 0.360 e. The van der Waals surface area contributed by atoms with E-state index in [4.69, 9.17) is 73.2 Å². The lowest BCUT2D eigenvalue weighted by molar-refractivity contribution is -0.0693. The Kier molecular flexibility index (Phi) is 3.07. The molecule has 0 spiro atoms. The van der Waals surface area contributed by atoms with Crippen LogP contribution in [0.1, 0.15) is 0 Å². The maximum atomic E-state index is 5.79. The van der Waals surface area contributed by atoms with E-state index in [9.17, 15) is 0 Å². The van der Waals surface area contributed by atoms with Crippen molar-refractivity contribution in [2.45, 2.75) is 9.70 Å². The Morgan fingerprint density at radius 1 is 1.00 bits per heavy atom. The highest BCUT2D eigenvalue weighted by Gasteiger charge is 2.55. The Bertz CT molecular complexity index is 414. The molecule has 8 heteroatoms. The Morgan fingerprint density at radius 3 is 1.69 bits per heavy atom. The second kappa shape index (κ2) is 3.87. The van der Waals surface area contributed by atoms with Crippen LogP contribution in [0.25, 0.3) is 0 Å². The fourth-order valence-electron chi connectivity index (χ4n) is 1.13. The molecule has 1 aromatic rings. The zero-order valence-corrected chi connectivity index (χ0v) is 11.2. The van der Waals surface area contributed by atoms with Gasteiger partial charge in [0.2, 0.25) is 0 Å². The molecule has 2 N–H and O–H groups in total. The van der Waals surface area contributed by atoms with Gasteiger partial charge in [-0.3, -0.25) is 5.73 Å². The van der Waals surface area contributed by atoms with Crippen LogP contribution in [0, 0.1) is 0 Å². The van der Waals surface area contributed by atoms with E-state index >= 15 is 0 Å². The third kappa shape index (κ3) is 2.01. The zero-order chi connectivity index (χ0) is 12.1. The predicted octanol–water partition coefficient (Wildman–Crippen LogP) is 3.75. The van der Waals surface area contributed by atoms with E-state index in [1.807, 2.05) is 0 Å². The van der Waals surface area contributed by atoms with Gasteiger partial charge < -0.3 is 9.47 Å². The van der Waals surface area contributed by atoms with Crippen LogP contribution in [-0.4, -0.2) is 9.70 Å². The molecule has 0 amide bonds. The van der Waals surface area contributed by atoms with Crippen molar-refractivity contribution in [1.82, 2.24) is 0 Å². The SMILES string of the molecule is NC1(C(Cl)(Cl)Cl)Oc2cc(Cl)c(Cl)cc2O1. The Morgan fingerprint density at radius 2 is 1.38 bits per heavy atom. The minimum Gasteiger partial charge on any atom is -0.432 e. The Hall–Kier alpha value is 0.230. The van der Waals surface area contributed by atoms with Gasteiger partial charge in [-0.25, -0.2) is 0 Å². The van der Waals surface area contributed by atoms with Crippen molar-refractivity contribution >= 4 is 58.0 Å². The van der Waals surface area contributed by atoms with Crippen molar-refractivity contribution < 1.29 is 9.47 Å². The molecular formula is C8H4Cl5NO2. The molecule has 0 aromatic heterocycles. The summed E-state index contributed by atoms with van der Waals surface area (Å²) >= 11 is 28.5. The summed E-state index contributed by atoms with van der Waals surface area (Å²) < 4.78 is 8.47. The lowest BCUT2D eigenvalue weighted by atomic mass is 10.3. The van der Waals surface area contributed by atoms with Crippen LogP contribution in [0.15, 0.2) is 12.1 Å². The maximum Gasteiger partial charge on any atom is 0.360 e. The van der Waals surface area contributed by atoms with Gasteiger partial charge in [-0.05, 0) is 0 Å². The monoisotopic (exact) mass is 321 g/mol. The molecule has 0 bridgehead atoms. The summed E-state index contributed by atoms with van der Waals surface area (Å²) in [7, 11) is 0. The van der Waals surface area contributed by atoms with Crippen molar-refractivity contribution in [2.75, 3.05) is 0 Å². The summed E-state index contributed by atoms with van der Waals surface area (Å²) in [4.78, 5) is 0. The average Bonchev–Trinajstić information content (AvgIpc) is 2.42. The normalized spacial score (nSPS) is 17.6. The molecule has 0 saturated carbocycles. The average molecular weight is 323 g/mol. The van der Waals surface area contributed by atoms with E-state index in [0.717, 1.165) is 0 Å². The summed E-state index contributed by atoms with van der Waals surface area (Å²) in [5.74, 6) is -1.36. The summed E-state index contributed by atoms with van der Waals surface area (Å²) in [6.07, 6.45) is 0. The molecular weight excluding hydrogens is 319 g/mol. The topological polar surface area (TPSA) is 44.5 Å². The first-order valence-corrected chi connectivity index (χ1v) is 5.84. The van der Waals surface area contributed by atoms with E-state index in [1.165, 1.54) is 12.1 Å². The first kappa shape index (κ1) is 12.7. The highest BCUT2D eigenvalue weighted by molar-refractivity contribution is 6.68. The second-order valence-corrected chi connectivity index (χ2v) is 6.18. The molecule has 88 valence electrons. The van der Waals surface area contributed by atoms with Gasteiger partial charge >= 0.3 is 5.91 Å². The number of fused-ring (bicyclic) bond motifs is 1. The van der Waals surface area contributed by atoms with Gasteiger partial charge in [0.15, 0.2) is 11.5 Å². The third-order valence-electron chi connectivity index (χ3n) is 1.90. The fraction of sp³-hybridized carbons (Fsp3) is 0.250. The molecule has 0 fully saturated rings. The largest absolute Gasteiger partial charge is 0.432 e. The molecule has 2 rings (SSSR count). The number of nitrogens with two attached hydrogens (primary N) is 1. The molecule has 0 unspecified atom stereocenters. The second-order valence-electron chi connectivity index (χ2n) is 3.08. The minimum absolute atomic E-state index is 0.267. The van der Waals surface area contributed by atoms with Gasteiger partial charge in [-0.2, -0.15) is 0 Å². The van der Waals surface area contributed by atoms with Crippen LogP contribution < -0.4 is 15.2 Å². The van der Waals surface area contributed by atoms with E-state index in [2.05, 4.69) is 0 Å². The number of benzene rings is 1.